The summed E-state index contributed by atoms with van der Waals surface area (Å²) in [6.45, 7) is 13.4. The minimum absolute atomic E-state index is 0.0191. The Labute approximate surface area is 265 Å². The van der Waals surface area contributed by atoms with Crippen LogP contribution in [0.4, 0.5) is 0 Å². The molecule has 0 bridgehead atoms. The molecule has 44 heavy (non-hydrogen) atoms. The Balaban J connectivity index is 1.31. The van der Waals surface area contributed by atoms with E-state index in [1.54, 1.807) is 11.3 Å². The molecule has 0 spiro atoms. The maximum Gasteiger partial charge on any atom is 0.102 e. The molecule has 1 aromatic heterocycles. The molecule has 2 aliphatic carbocycles. The number of morpholine rings is 1. The zero-order valence-corrected chi connectivity index (χ0v) is 27.0. The number of hydrogen-bond acceptors (Lipinski definition) is 4. The van der Waals surface area contributed by atoms with Gasteiger partial charge in [0, 0.05) is 23.9 Å². The van der Waals surface area contributed by atoms with Crippen LogP contribution in [-0.2, 0) is 4.74 Å². The van der Waals surface area contributed by atoms with Gasteiger partial charge in [-0.15, -0.1) is 11.3 Å². The van der Waals surface area contributed by atoms with Crippen molar-refractivity contribution in [3.8, 4) is 32.8 Å². The normalized spacial score (nSPS) is 22.0. The Kier molecular flexibility index (Phi) is 6.68. The Morgan fingerprint density at radius 1 is 0.773 bits per heavy atom. The lowest BCUT2D eigenvalue weighted by Crippen LogP contribution is -2.37. The van der Waals surface area contributed by atoms with Crippen LogP contribution in [-0.4, -0.2) is 18.1 Å². The van der Waals surface area contributed by atoms with Gasteiger partial charge in [-0.05, 0) is 73.5 Å². The predicted molar refractivity (Wildman–Crippen MR) is 182 cm³/mol. The van der Waals surface area contributed by atoms with Crippen LogP contribution in [0.1, 0.15) is 92.0 Å². The van der Waals surface area contributed by atoms with Gasteiger partial charge in [-0.1, -0.05) is 107 Å². The first-order chi connectivity index (χ1) is 21.3. The Morgan fingerprint density at radius 2 is 1.43 bits per heavy atom. The van der Waals surface area contributed by atoms with E-state index in [0.29, 0.717) is 11.8 Å². The Morgan fingerprint density at radius 3 is 2.20 bits per heavy atom. The molecule has 0 amide bonds. The van der Waals surface area contributed by atoms with Crippen LogP contribution in [0, 0.1) is 11.3 Å². The number of thiazole rings is 1. The third kappa shape index (κ3) is 4.34. The molecule has 4 atom stereocenters. The highest BCUT2D eigenvalue weighted by molar-refractivity contribution is 7.13. The predicted octanol–water partition coefficient (Wildman–Crippen LogP) is 10.1. The van der Waals surface area contributed by atoms with Gasteiger partial charge < -0.3 is 10.1 Å². The molecule has 1 saturated heterocycles. The molecular formula is C40H40N2OS. The van der Waals surface area contributed by atoms with Crippen molar-refractivity contribution < 1.29 is 4.74 Å². The van der Waals surface area contributed by atoms with Gasteiger partial charge in [0.1, 0.15) is 6.10 Å². The molecule has 3 nitrogen and oxygen atoms in total. The van der Waals surface area contributed by atoms with Gasteiger partial charge in [0.25, 0.3) is 0 Å². The lowest BCUT2D eigenvalue weighted by atomic mass is 9.71. The second kappa shape index (κ2) is 10.5. The minimum Gasteiger partial charge on any atom is -0.370 e. The van der Waals surface area contributed by atoms with Crippen LogP contribution in [0.25, 0.3) is 32.8 Å². The molecule has 4 aromatic carbocycles. The van der Waals surface area contributed by atoms with Gasteiger partial charge >= 0.3 is 0 Å². The summed E-state index contributed by atoms with van der Waals surface area (Å²) < 4.78 is 6.62. The summed E-state index contributed by atoms with van der Waals surface area (Å²) in [6.07, 6.45) is -0.0191. The second-order valence-electron chi connectivity index (χ2n) is 14.1. The van der Waals surface area contributed by atoms with Crippen LogP contribution in [0.2, 0.25) is 0 Å². The van der Waals surface area contributed by atoms with Crippen LogP contribution in [0.3, 0.4) is 0 Å². The van der Waals surface area contributed by atoms with Crippen LogP contribution in [0.15, 0.2) is 90.4 Å². The van der Waals surface area contributed by atoms with E-state index < -0.39 is 0 Å². The van der Waals surface area contributed by atoms with Gasteiger partial charge in [0.2, 0.25) is 0 Å². The standard InChI is InChI=1S/C40H40N2OS/c1-23(2)34-26-10-6-8-12-30(26)36-38(43-19-18-41-36)33-21-25(14-16-27(33)34)24-15-17-29-32(20-24)37-39(44-22-42-37)31-13-9-7-11-28(31)35(29)40(3,4)5/h6-17,20-23,34-36,38,41H,18-19H2,1-5H3. The van der Waals surface area contributed by atoms with Crippen molar-refractivity contribution in [2.75, 3.05) is 13.2 Å². The van der Waals surface area contributed by atoms with E-state index in [1.807, 2.05) is 5.51 Å². The molecule has 4 unspecified atom stereocenters. The lowest BCUT2D eigenvalue weighted by Gasteiger charge is -2.34. The van der Waals surface area contributed by atoms with Crippen LogP contribution < -0.4 is 5.32 Å². The molecule has 8 rings (SSSR count). The van der Waals surface area contributed by atoms with E-state index >= 15 is 0 Å². The van der Waals surface area contributed by atoms with Gasteiger partial charge in [0.05, 0.1) is 28.7 Å². The van der Waals surface area contributed by atoms with Crippen molar-refractivity contribution in [1.29, 1.82) is 0 Å². The smallest absolute Gasteiger partial charge is 0.102 e. The molecule has 2 heterocycles. The van der Waals surface area contributed by atoms with E-state index in [2.05, 4.69) is 125 Å². The highest BCUT2D eigenvalue weighted by atomic mass is 32.1. The van der Waals surface area contributed by atoms with Gasteiger partial charge in [-0.25, -0.2) is 4.98 Å². The van der Waals surface area contributed by atoms with Crippen molar-refractivity contribution >= 4 is 11.3 Å². The second-order valence-corrected chi connectivity index (χ2v) is 15.0. The highest BCUT2D eigenvalue weighted by Crippen LogP contribution is 2.54. The van der Waals surface area contributed by atoms with E-state index in [1.165, 1.54) is 60.5 Å². The molecule has 1 fully saturated rings. The molecule has 1 aliphatic heterocycles. The third-order valence-electron chi connectivity index (χ3n) is 10.0. The molecule has 0 saturated carbocycles. The first-order valence-corrected chi connectivity index (χ1v) is 16.9. The minimum atomic E-state index is -0.0191. The molecule has 5 aromatic rings. The summed E-state index contributed by atoms with van der Waals surface area (Å²) in [5, 5.41) is 3.83. The monoisotopic (exact) mass is 596 g/mol. The van der Waals surface area contributed by atoms with Crippen molar-refractivity contribution in [2.24, 2.45) is 11.3 Å². The number of fused-ring (bicyclic) bond motifs is 10. The van der Waals surface area contributed by atoms with Crippen molar-refractivity contribution in [1.82, 2.24) is 10.3 Å². The summed E-state index contributed by atoms with van der Waals surface area (Å²) in [5.74, 6) is 1.05. The van der Waals surface area contributed by atoms with E-state index in [9.17, 15) is 0 Å². The summed E-state index contributed by atoms with van der Waals surface area (Å²) in [4.78, 5) is 6.26. The molecule has 3 aliphatic rings. The number of nitrogens with zero attached hydrogens (tertiary/aromatic N) is 1. The zero-order chi connectivity index (χ0) is 30.2. The number of benzene rings is 4. The van der Waals surface area contributed by atoms with Crippen LogP contribution >= 0.6 is 11.3 Å². The molecule has 222 valence electrons. The maximum atomic E-state index is 6.62. The number of rotatable bonds is 2. The average molecular weight is 597 g/mol. The van der Waals surface area contributed by atoms with Crippen LogP contribution in [0.5, 0.6) is 0 Å². The summed E-state index contributed by atoms with van der Waals surface area (Å²) in [6, 6.07) is 32.4. The fraction of sp³-hybridized carbons (Fsp3) is 0.325. The summed E-state index contributed by atoms with van der Waals surface area (Å²) >= 11 is 1.75. The molecule has 4 heteroatoms. The fourth-order valence-electron chi connectivity index (χ4n) is 8.27. The lowest BCUT2D eigenvalue weighted by molar-refractivity contribution is -0.00610. The topological polar surface area (TPSA) is 34.1 Å². The zero-order valence-electron chi connectivity index (χ0n) is 26.2. The molecule has 1 N–H and O–H groups in total. The SMILES string of the molecule is CC(C)C1c2ccccc2C2NCCOC2c2cc(-c3ccc4c(c3)-c3ncsc3-c3ccccc3C4C(C)(C)C)ccc21. The van der Waals surface area contributed by atoms with Crippen molar-refractivity contribution in [3.63, 3.8) is 0 Å². The Hall–Kier alpha value is -3.57. The Bertz CT molecular complexity index is 1880. The van der Waals surface area contributed by atoms with Crippen molar-refractivity contribution in [3.05, 3.63) is 124 Å². The van der Waals surface area contributed by atoms with Gasteiger partial charge in [0.15, 0.2) is 0 Å². The maximum absolute atomic E-state index is 6.62. The largest absolute Gasteiger partial charge is 0.370 e. The quantitative estimate of drug-likeness (QED) is 0.220. The molecule has 0 radical (unpaired) electrons. The number of ether oxygens (including phenoxy) is 1. The number of aromatic nitrogens is 1. The molecular weight excluding hydrogens is 557 g/mol. The highest BCUT2D eigenvalue weighted by Gasteiger charge is 2.39. The number of hydrogen-bond donors (Lipinski definition) is 1. The fourth-order valence-corrected chi connectivity index (χ4v) is 9.12. The van der Waals surface area contributed by atoms with E-state index in [4.69, 9.17) is 9.72 Å². The van der Waals surface area contributed by atoms with E-state index in [-0.39, 0.29) is 23.5 Å². The summed E-state index contributed by atoms with van der Waals surface area (Å²) in [7, 11) is 0. The van der Waals surface area contributed by atoms with E-state index in [0.717, 1.165) is 18.8 Å². The van der Waals surface area contributed by atoms with Gasteiger partial charge in [-0.3, -0.25) is 0 Å². The van der Waals surface area contributed by atoms with Gasteiger partial charge in [-0.2, -0.15) is 0 Å². The average Bonchev–Trinajstić information content (AvgIpc) is 3.42. The first-order valence-electron chi connectivity index (χ1n) is 16.1. The van der Waals surface area contributed by atoms with Crippen molar-refractivity contribution in [2.45, 2.75) is 58.6 Å². The summed E-state index contributed by atoms with van der Waals surface area (Å²) in [5.41, 5.74) is 16.5. The number of nitrogens with one attached hydrogen (secondary N) is 1. The first kappa shape index (κ1) is 27.9. The third-order valence-corrected chi connectivity index (χ3v) is 10.9.